The molecule has 6 heteroatoms. The molecule has 0 saturated carbocycles. The Morgan fingerprint density at radius 2 is 1.83 bits per heavy atom. The van der Waals surface area contributed by atoms with Crippen LogP contribution in [0.15, 0.2) is 29.2 Å². The number of rotatable bonds is 9. The van der Waals surface area contributed by atoms with Crippen molar-refractivity contribution in [3.63, 3.8) is 0 Å². The number of hydrogen-bond acceptors (Lipinski definition) is 4. The second-order valence-electron chi connectivity index (χ2n) is 6.14. The van der Waals surface area contributed by atoms with Crippen LogP contribution in [0.2, 0.25) is 0 Å². The van der Waals surface area contributed by atoms with Crippen LogP contribution in [-0.4, -0.2) is 27.0 Å². The molecule has 23 heavy (non-hydrogen) atoms. The predicted octanol–water partition coefficient (Wildman–Crippen LogP) is 3.03. The summed E-state index contributed by atoms with van der Waals surface area (Å²) in [5.41, 5.74) is 0.974. The summed E-state index contributed by atoms with van der Waals surface area (Å²) in [5.74, 6) is -0.345. The minimum atomic E-state index is -3.75. The summed E-state index contributed by atoms with van der Waals surface area (Å²) >= 11 is 0. The Morgan fingerprint density at radius 1 is 1.22 bits per heavy atom. The fraction of sp³-hybridized carbons (Fsp3) is 0.588. The molecule has 0 aliphatic carbocycles. The largest absolute Gasteiger partial charge is 0.465 e. The third-order valence-corrected chi connectivity index (χ3v) is 4.85. The molecular weight excluding hydrogens is 314 g/mol. The first-order chi connectivity index (χ1) is 10.8. The van der Waals surface area contributed by atoms with Gasteiger partial charge >= 0.3 is 5.97 Å². The van der Waals surface area contributed by atoms with E-state index in [1.165, 1.54) is 12.1 Å². The van der Waals surface area contributed by atoms with Gasteiger partial charge in [-0.1, -0.05) is 44.9 Å². The van der Waals surface area contributed by atoms with Gasteiger partial charge < -0.3 is 4.74 Å². The van der Waals surface area contributed by atoms with Crippen LogP contribution in [0.4, 0.5) is 0 Å². The smallest absolute Gasteiger partial charge is 0.324 e. The van der Waals surface area contributed by atoms with Crippen molar-refractivity contribution < 1.29 is 17.9 Å². The lowest BCUT2D eigenvalue weighted by molar-refractivity contribution is -0.146. The number of ether oxygens (including phenoxy) is 1. The molecule has 1 rings (SSSR count). The number of nitrogens with one attached hydrogen (secondary N) is 1. The van der Waals surface area contributed by atoms with E-state index < -0.39 is 22.0 Å². The Labute approximate surface area is 139 Å². The van der Waals surface area contributed by atoms with Crippen molar-refractivity contribution in [1.82, 2.24) is 4.72 Å². The lowest BCUT2D eigenvalue weighted by Gasteiger charge is -2.19. The molecule has 1 N–H and O–H groups in total. The van der Waals surface area contributed by atoms with Crippen LogP contribution in [0.5, 0.6) is 0 Å². The van der Waals surface area contributed by atoms with E-state index in [1.807, 2.05) is 27.7 Å². The topological polar surface area (TPSA) is 72.5 Å². The number of carbonyl (C=O) groups excluding carboxylic acids is 1. The highest BCUT2D eigenvalue weighted by Crippen LogP contribution is 2.14. The Balaban J connectivity index is 2.86. The molecular formula is C17H27NO4S. The standard InChI is InChI=1S/C17H27NO4S/c1-5-6-11-22-17(19)16(12-13(2)3)18-23(20,21)15-9-7-14(4)8-10-15/h7-10,13,16,18H,5-6,11-12H2,1-4H3/t16-/m0/s1. The van der Waals surface area contributed by atoms with E-state index in [0.29, 0.717) is 13.0 Å². The fourth-order valence-corrected chi connectivity index (χ4v) is 3.25. The molecule has 130 valence electrons. The molecule has 0 unspecified atom stereocenters. The summed E-state index contributed by atoms with van der Waals surface area (Å²) in [7, 11) is -3.75. The van der Waals surface area contributed by atoms with Gasteiger partial charge in [0.25, 0.3) is 0 Å². The molecule has 0 radical (unpaired) electrons. The van der Waals surface area contributed by atoms with Crippen LogP contribution in [0.25, 0.3) is 0 Å². The van der Waals surface area contributed by atoms with Gasteiger partial charge in [-0.3, -0.25) is 4.79 Å². The van der Waals surface area contributed by atoms with Crippen molar-refractivity contribution in [2.24, 2.45) is 5.92 Å². The minimum absolute atomic E-state index is 0.151. The fourth-order valence-electron chi connectivity index (χ4n) is 2.05. The highest BCUT2D eigenvalue weighted by Gasteiger charge is 2.27. The zero-order valence-corrected chi connectivity index (χ0v) is 15.2. The Bertz CT molecular complexity index is 594. The molecule has 0 aliphatic rings. The van der Waals surface area contributed by atoms with Crippen molar-refractivity contribution >= 4 is 16.0 Å². The monoisotopic (exact) mass is 341 g/mol. The van der Waals surface area contributed by atoms with Crippen LogP contribution in [0, 0.1) is 12.8 Å². The van der Waals surface area contributed by atoms with E-state index in [0.717, 1.165) is 18.4 Å². The normalized spacial score (nSPS) is 13.1. The molecule has 1 aromatic rings. The van der Waals surface area contributed by atoms with Gasteiger partial charge in [0.05, 0.1) is 11.5 Å². The van der Waals surface area contributed by atoms with Gasteiger partial charge in [0.15, 0.2) is 0 Å². The lowest BCUT2D eigenvalue weighted by Crippen LogP contribution is -2.42. The van der Waals surface area contributed by atoms with Gasteiger partial charge in [-0.2, -0.15) is 4.72 Å². The summed E-state index contributed by atoms with van der Waals surface area (Å²) in [6.45, 7) is 8.07. The van der Waals surface area contributed by atoms with Gasteiger partial charge in [0.2, 0.25) is 10.0 Å². The van der Waals surface area contributed by atoms with Crippen LogP contribution < -0.4 is 4.72 Å². The molecule has 0 aromatic heterocycles. The number of benzene rings is 1. The quantitative estimate of drug-likeness (QED) is 0.553. The van der Waals surface area contributed by atoms with Crippen molar-refractivity contribution in [3.05, 3.63) is 29.8 Å². The van der Waals surface area contributed by atoms with Crippen LogP contribution >= 0.6 is 0 Å². The minimum Gasteiger partial charge on any atom is -0.465 e. The first-order valence-corrected chi connectivity index (χ1v) is 9.50. The predicted molar refractivity (Wildman–Crippen MR) is 90.6 cm³/mol. The Kier molecular flexibility index (Phi) is 7.72. The molecule has 0 saturated heterocycles. The molecule has 0 spiro atoms. The van der Waals surface area contributed by atoms with Crippen LogP contribution in [-0.2, 0) is 19.6 Å². The van der Waals surface area contributed by atoms with Crippen molar-refractivity contribution in [2.75, 3.05) is 6.61 Å². The van der Waals surface area contributed by atoms with E-state index in [-0.39, 0.29) is 10.8 Å². The molecule has 0 aliphatic heterocycles. The Morgan fingerprint density at radius 3 is 2.35 bits per heavy atom. The molecule has 1 aromatic carbocycles. The summed E-state index contributed by atoms with van der Waals surface area (Å²) in [6.07, 6.45) is 2.08. The SMILES string of the molecule is CCCCOC(=O)[C@H](CC(C)C)NS(=O)(=O)c1ccc(C)cc1. The van der Waals surface area contributed by atoms with Gasteiger partial charge in [-0.15, -0.1) is 0 Å². The van der Waals surface area contributed by atoms with Crippen LogP contribution in [0.3, 0.4) is 0 Å². The second kappa shape index (κ2) is 9.03. The first-order valence-electron chi connectivity index (χ1n) is 8.02. The lowest BCUT2D eigenvalue weighted by atomic mass is 10.1. The van der Waals surface area contributed by atoms with E-state index in [9.17, 15) is 13.2 Å². The third-order valence-electron chi connectivity index (χ3n) is 3.36. The zero-order chi connectivity index (χ0) is 17.5. The maximum Gasteiger partial charge on any atom is 0.324 e. The summed E-state index contributed by atoms with van der Waals surface area (Å²) in [5, 5.41) is 0. The highest BCUT2D eigenvalue weighted by atomic mass is 32.2. The van der Waals surface area contributed by atoms with E-state index >= 15 is 0 Å². The highest BCUT2D eigenvalue weighted by molar-refractivity contribution is 7.89. The summed E-state index contributed by atoms with van der Waals surface area (Å²) in [4.78, 5) is 12.3. The number of sulfonamides is 1. The number of esters is 1. The molecule has 0 fully saturated rings. The van der Waals surface area contributed by atoms with E-state index in [4.69, 9.17) is 4.74 Å². The number of aryl methyl sites for hydroxylation is 1. The second-order valence-corrected chi connectivity index (χ2v) is 7.85. The van der Waals surface area contributed by atoms with E-state index in [1.54, 1.807) is 12.1 Å². The van der Waals surface area contributed by atoms with Gasteiger partial charge in [-0.05, 0) is 37.8 Å². The van der Waals surface area contributed by atoms with Crippen molar-refractivity contribution in [3.8, 4) is 0 Å². The number of carbonyl (C=O) groups is 1. The van der Waals surface area contributed by atoms with Crippen LogP contribution in [0.1, 0.15) is 45.6 Å². The zero-order valence-electron chi connectivity index (χ0n) is 14.3. The van der Waals surface area contributed by atoms with Crippen molar-refractivity contribution in [1.29, 1.82) is 0 Å². The third kappa shape index (κ3) is 6.71. The average Bonchev–Trinajstić information content (AvgIpc) is 2.46. The molecule has 0 amide bonds. The van der Waals surface area contributed by atoms with Crippen molar-refractivity contribution in [2.45, 2.75) is 57.9 Å². The maximum absolute atomic E-state index is 12.5. The van der Waals surface area contributed by atoms with Gasteiger partial charge in [-0.25, -0.2) is 8.42 Å². The molecule has 1 atom stereocenters. The number of unbranched alkanes of at least 4 members (excludes halogenated alkanes) is 1. The maximum atomic E-state index is 12.5. The first kappa shape index (κ1) is 19.6. The summed E-state index contributed by atoms with van der Waals surface area (Å²) in [6, 6.07) is 5.66. The van der Waals surface area contributed by atoms with Gasteiger partial charge in [0, 0.05) is 0 Å². The molecule has 0 heterocycles. The van der Waals surface area contributed by atoms with E-state index in [2.05, 4.69) is 4.72 Å². The van der Waals surface area contributed by atoms with Gasteiger partial charge in [0.1, 0.15) is 6.04 Å². The Hall–Kier alpha value is -1.40. The molecule has 0 bridgehead atoms. The molecule has 5 nitrogen and oxygen atoms in total. The summed E-state index contributed by atoms with van der Waals surface area (Å²) < 4.78 is 32.6. The average molecular weight is 341 g/mol. The number of hydrogen-bond donors (Lipinski definition) is 1.